The van der Waals surface area contributed by atoms with Crippen LogP contribution in [0.25, 0.3) is 0 Å². The lowest BCUT2D eigenvalue weighted by molar-refractivity contribution is -0.159. The maximum absolute atomic E-state index is 12.6. The van der Waals surface area contributed by atoms with Gasteiger partial charge in [-0.15, -0.1) is 0 Å². The Morgan fingerprint density at radius 2 is 1.75 bits per heavy atom. The van der Waals surface area contributed by atoms with Crippen LogP contribution in [0.5, 0.6) is 0 Å². The number of fused-ring (bicyclic) bond motifs is 1. The number of hydrogen-bond donors (Lipinski definition) is 1. The minimum absolute atomic E-state index is 0.293. The Bertz CT molecular complexity index is 795. The molecule has 1 aromatic carbocycles. The standard InChI is InChI=1S/C21H26N2O5/c1-12-8-9-17(13(2)10-12)22-18(24)11-28-21(27)14(3)23-19(25)15-6-4-5-7-16(15)20(23)26/h8-10,14-16H,4-7,11H2,1-3H3,(H,22,24)/t14-,15-,16-/m0/s1. The number of anilines is 1. The molecule has 1 aromatic rings. The molecule has 7 heteroatoms. The van der Waals surface area contributed by atoms with Gasteiger partial charge in [-0.1, -0.05) is 30.5 Å². The Labute approximate surface area is 164 Å². The molecule has 2 aliphatic rings. The van der Waals surface area contributed by atoms with Crippen LogP contribution in [0.15, 0.2) is 18.2 Å². The number of likely N-dealkylation sites (tertiary alicyclic amines) is 1. The van der Waals surface area contributed by atoms with Crippen LogP contribution in [0.3, 0.4) is 0 Å². The van der Waals surface area contributed by atoms with Crippen LogP contribution in [0.2, 0.25) is 0 Å². The molecule has 1 saturated carbocycles. The third kappa shape index (κ3) is 3.93. The average Bonchev–Trinajstić information content (AvgIpc) is 2.92. The number of carbonyl (C=O) groups excluding carboxylic acids is 4. The van der Waals surface area contributed by atoms with Gasteiger partial charge in [0.1, 0.15) is 6.04 Å². The van der Waals surface area contributed by atoms with Crippen molar-refractivity contribution in [3.63, 3.8) is 0 Å². The number of amides is 3. The Kier molecular flexibility index (Phi) is 5.82. The molecule has 0 aromatic heterocycles. The van der Waals surface area contributed by atoms with Gasteiger partial charge in [0.05, 0.1) is 11.8 Å². The minimum atomic E-state index is -1.03. The molecule has 1 heterocycles. The number of esters is 1. The largest absolute Gasteiger partial charge is 0.454 e. The number of nitrogens with zero attached hydrogens (tertiary/aromatic N) is 1. The molecule has 3 atom stereocenters. The second kappa shape index (κ2) is 8.12. The maximum atomic E-state index is 12.6. The fraction of sp³-hybridized carbons (Fsp3) is 0.524. The first-order valence-electron chi connectivity index (χ1n) is 9.70. The molecule has 1 N–H and O–H groups in total. The average molecular weight is 386 g/mol. The molecular formula is C21H26N2O5. The highest BCUT2D eigenvalue weighted by molar-refractivity contribution is 6.08. The van der Waals surface area contributed by atoms with E-state index in [0.717, 1.165) is 28.9 Å². The van der Waals surface area contributed by atoms with Gasteiger partial charge in [0.15, 0.2) is 6.61 Å². The molecule has 1 aliphatic carbocycles. The number of benzene rings is 1. The van der Waals surface area contributed by atoms with Crippen LogP contribution >= 0.6 is 0 Å². The Hall–Kier alpha value is -2.70. The van der Waals surface area contributed by atoms with E-state index in [9.17, 15) is 19.2 Å². The fourth-order valence-corrected chi connectivity index (χ4v) is 4.07. The van der Waals surface area contributed by atoms with E-state index in [4.69, 9.17) is 4.74 Å². The van der Waals surface area contributed by atoms with Crippen LogP contribution in [0.1, 0.15) is 43.7 Å². The number of imide groups is 1. The summed E-state index contributed by atoms with van der Waals surface area (Å²) in [5, 5.41) is 2.70. The number of nitrogens with one attached hydrogen (secondary N) is 1. The van der Waals surface area contributed by atoms with Crippen LogP contribution in [0, 0.1) is 25.7 Å². The number of carbonyl (C=O) groups is 4. The quantitative estimate of drug-likeness (QED) is 0.619. The van der Waals surface area contributed by atoms with Crippen molar-refractivity contribution >= 4 is 29.4 Å². The van der Waals surface area contributed by atoms with Crippen molar-refractivity contribution in [1.29, 1.82) is 0 Å². The molecule has 0 spiro atoms. The van der Waals surface area contributed by atoms with E-state index in [-0.39, 0.29) is 23.7 Å². The van der Waals surface area contributed by atoms with Crippen molar-refractivity contribution in [2.75, 3.05) is 11.9 Å². The summed E-state index contributed by atoms with van der Waals surface area (Å²) in [5.74, 6) is -2.44. The number of ether oxygens (including phenoxy) is 1. The molecular weight excluding hydrogens is 360 g/mol. The van der Waals surface area contributed by atoms with Gasteiger partial charge in [0, 0.05) is 5.69 Å². The maximum Gasteiger partial charge on any atom is 0.329 e. The zero-order valence-corrected chi connectivity index (χ0v) is 16.5. The first kappa shape index (κ1) is 20.0. The summed E-state index contributed by atoms with van der Waals surface area (Å²) >= 11 is 0. The third-order valence-electron chi connectivity index (χ3n) is 5.61. The molecule has 7 nitrogen and oxygen atoms in total. The second-order valence-corrected chi connectivity index (χ2v) is 7.69. The van der Waals surface area contributed by atoms with Gasteiger partial charge in [-0.25, -0.2) is 4.79 Å². The summed E-state index contributed by atoms with van der Waals surface area (Å²) in [4.78, 5) is 50.6. The topological polar surface area (TPSA) is 92.8 Å². The van der Waals surface area contributed by atoms with Crippen LogP contribution in [-0.4, -0.2) is 41.2 Å². The molecule has 150 valence electrons. The highest BCUT2D eigenvalue weighted by atomic mass is 16.5. The van der Waals surface area contributed by atoms with E-state index in [2.05, 4.69) is 5.32 Å². The van der Waals surface area contributed by atoms with Crippen molar-refractivity contribution < 1.29 is 23.9 Å². The van der Waals surface area contributed by atoms with Crippen molar-refractivity contribution in [2.45, 2.75) is 52.5 Å². The van der Waals surface area contributed by atoms with E-state index >= 15 is 0 Å². The van der Waals surface area contributed by atoms with Crippen LogP contribution in [-0.2, 0) is 23.9 Å². The summed E-state index contributed by atoms with van der Waals surface area (Å²) in [7, 11) is 0. The van der Waals surface area contributed by atoms with Gasteiger partial charge in [0.2, 0.25) is 11.8 Å². The zero-order chi connectivity index (χ0) is 20.4. The summed E-state index contributed by atoms with van der Waals surface area (Å²) in [6, 6.07) is 4.57. The van der Waals surface area contributed by atoms with Crippen LogP contribution in [0.4, 0.5) is 5.69 Å². The number of rotatable bonds is 5. The first-order chi connectivity index (χ1) is 13.3. The van der Waals surface area contributed by atoms with Gasteiger partial charge in [-0.2, -0.15) is 0 Å². The molecule has 0 unspecified atom stereocenters. The predicted molar refractivity (Wildman–Crippen MR) is 102 cm³/mol. The molecule has 3 amide bonds. The molecule has 28 heavy (non-hydrogen) atoms. The van der Waals surface area contributed by atoms with Gasteiger partial charge < -0.3 is 10.1 Å². The van der Waals surface area contributed by atoms with Crippen molar-refractivity contribution in [3.8, 4) is 0 Å². The van der Waals surface area contributed by atoms with Crippen molar-refractivity contribution in [3.05, 3.63) is 29.3 Å². The molecule has 0 bridgehead atoms. The lowest BCUT2D eigenvalue weighted by atomic mass is 9.81. The third-order valence-corrected chi connectivity index (χ3v) is 5.61. The van der Waals surface area contributed by atoms with E-state index in [1.165, 1.54) is 6.92 Å². The molecule has 0 radical (unpaired) electrons. The normalized spacial score (nSPS) is 22.6. The van der Waals surface area contributed by atoms with Gasteiger partial charge in [-0.3, -0.25) is 19.3 Å². The lowest BCUT2D eigenvalue weighted by Gasteiger charge is -2.21. The summed E-state index contributed by atoms with van der Waals surface area (Å²) in [6.45, 7) is 4.83. The Morgan fingerprint density at radius 3 is 2.32 bits per heavy atom. The van der Waals surface area contributed by atoms with Crippen molar-refractivity contribution in [1.82, 2.24) is 4.90 Å². The predicted octanol–water partition coefficient (Wildman–Crippen LogP) is 2.35. The number of aryl methyl sites for hydroxylation is 2. The lowest BCUT2D eigenvalue weighted by Crippen LogP contribution is -2.45. The van der Waals surface area contributed by atoms with E-state index < -0.39 is 24.5 Å². The fourth-order valence-electron chi connectivity index (χ4n) is 4.07. The highest BCUT2D eigenvalue weighted by Gasteiger charge is 2.51. The monoisotopic (exact) mass is 386 g/mol. The second-order valence-electron chi connectivity index (χ2n) is 7.69. The van der Waals surface area contributed by atoms with Gasteiger partial charge in [0.25, 0.3) is 5.91 Å². The highest BCUT2D eigenvalue weighted by Crippen LogP contribution is 2.38. The van der Waals surface area contributed by atoms with E-state index in [0.29, 0.717) is 18.5 Å². The summed E-state index contributed by atoms with van der Waals surface area (Å²) < 4.78 is 5.07. The number of hydrogen-bond acceptors (Lipinski definition) is 5. The minimum Gasteiger partial charge on any atom is -0.454 e. The van der Waals surface area contributed by atoms with Gasteiger partial charge >= 0.3 is 5.97 Å². The Morgan fingerprint density at radius 1 is 1.14 bits per heavy atom. The SMILES string of the molecule is Cc1ccc(NC(=O)COC(=O)[C@H](C)N2C(=O)[C@H]3CCCC[C@@H]3C2=O)c(C)c1. The smallest absolute Gasteiger partial charge is 0.329 e. The molecule has 1 saturated heterocycles. The van der Waals surface area contributed by atoms with Gasteiger partial charge in [-0.05, 0) is 45.2 Å². The molecule has 3 rings (SSSR count). The summed E-state index contributed by atoms with van der Waals surface area (Å²) in [5.41, 5.74) is 2.63. The summed E-state index contributed by atoms with van der Waals surface area (Å²) in [6.07, 6.45) is 3.22. The molecule has 2 fully saturated rings. The van der Waals surface area contributed by atoms with E-state index in [1.54, 1.807) is 6.07 Å². The zero-order valence-electron chi connectivity index (χ0n) is 16.5. The first-order valence-corrected chi connectivity index (χ1v) is 9.70. The molecule has 1 aliphatic heterocycles. The van der Waals surface area contributed by atoms with Crippen molar-refractivity contribution in [2.24, 2.45) is 11.8 Å². The van der Waals surface area contributed by atoms with E-state index in [1.807, 2.05) is 26.0 Å². The Balaban J connectivity index is 1.56. The van der Waals surface area contributed by atoms with Crippen LogP contribution < -0.4 is 5.32 Å².